The van der Waals surface area contributed by atoms with Crippen LogP contribution in [0.1, 0.15) is 24.6 Å². The van der Waals surface area contributed by atoms with E-state index in [9.17, 15) is 4.79 Å². The highest BCUT2D eigenvalue weighted by molar-refractivity contribution is 7.11. The summed E-state index contributed by atoms with van der Waals surface area (Å²) in [4.78, 5) is 12.0. The molecule has 1 aromatic rings. The smallest absolute Gasteiger partial charge is 0.240 e. The van der Waals surface area contributed by atoms with Crippen LogP contribution in [0.2, 0.25) is 0 Å². The molecule has 0 bridgehead atoms. The van der Waals surface area contributed by atoms with Gasteiger partial charge in [-0.1, -0.05) is 13.0 Å². The SMILES string of the molecule is CCCC(=O)N/N=C/c1cccs1. The number of nitrogens with zero attached hydrogens (tertiary/aromatic N) is 1. The largest absolute Gasteiger partial charge is 0.273 e. The van der Waals surface area contributed by atoms with Crippen molar-refractivity contribution in [2.45, 2.75) is 19.8 Å². The van der Waals surface area contributed by atoms with E-state index in [1.165, 1.54) is 0 Å². The second-order valence-electron chi connectivity index (χ2n) is 2.56. The number of amides is 1. The van der Waals surface area contributed by atoms with E-state index in [0.717, 1.165) is 11.3 Å². The van der Waals surface area contributed by atoms with Gasteiger partial charge in [-0.25, -0.2) is 5.43 Å². The van der Waals surface area contributed by atoms with Crippen LogP contribution in [0.3, 0.4) is 0 Å². The molecule has 0 aliphatic carbocycles. The molecular formula is C9H12N2OS. The van der Waals surface area contributed by atoms with E-state index >= 15 is 0 Å². The maximum absolute atomic E-state index is 11.0. The van der Waals surface area contributed by atoms with E-state index < -0.39 is 0 Å². The van der Waals surface area contributed by atoms with Gasteiger partial charge in [-0.15, -0.1) is 11.3 Å². The van der Waals surface area contributed by atoms with Crippen LogP contribution in [-0.2, 0) is 4.79 Å². The first-order valence-electron chi connectivity index (χ1n) is 4.18. The number of hydrogen-bond donors (Lipinski definition) is 1. The van der Waals surface area contributed by atoms with Crippen molar-refractivity contribution >= 4 is 23.5 Å². The van der Waals surface area contributed by atoms with Gasteiger partial charge in [-0.3, -0.25) is 4.79 Å². The molecule has 0 unspecified atom stereocenters. The van der Waals surface area contributed by atoms with Gasteiger partial charge < -0.3 is 0 Å². The number of hydrogen-bond acceptors (Lipinski definition) is 3. The van der Waals surface area contributed by atoms with E-state index in [1.54, 1.807) is 17.6 Å². The van der Waals surface area contributed by atoms with Gasteiger partial charge in [0.1, 0.15) is 0 Å². The fourth-order valence-corrected chi connectivity index (χ4v) is 1.40. The van der Waals surface area contributed by atoms with E-state index in [2.05, 4.69) is 10.5 Å². The number of thiophene rings is 1. The maximum Gasteiger partial charge on any atom is 0.240 e. The molecule has 0 spiro atoms. The van der Waals surface area contributed by atoms with Crippen molar-refractivity contribution < 1.29 is 4.79 Å². The molecule has 13 heavy (non-hydrogen) atoms. The van der Waals surface area contributed by atoms with Gasteiger partial charge in [-0.05, 0) is 17.9 Å². The first-order chi connectivity index (χ1) is 6.33. The van der Waals surface area contributed by atoms with Gasteiger partial charge in [-0.2, -0.15) is 5.10 Å². The van der Waals surface area contributed by atoms with Crippen LogP contribution in [0.25, 0.3) is 0 Å². The van der Waals surface area contributed by atoms with E-state index in [4.69, 9.17) is 0 Å². The first kappa shape index (κ1) is 9.92. The molecule has 0 aliphatic heterocycles. The molecule has 1 heterocycles. The lowest BCUT2D eigenvalue weighted by Crippen LogP contribution is -2.16. The van der Waals surface area contributed by atoms with Crippen LogP contribution < -0.4 is 5.43 Å². The summed E-state index contributed by atoms with van der Waals surface area (Å²) in [5.74, 6) is -0.0321. The highest BCUT2D eigenvalue weighted by Crippen LogP contribution is 2.03. The Hall–Kier alpha value is -1.16. The zero-order chi connectivity index (χ0) is 9.52. The minimum atomic E-state index is -0.0321. The number of hydrazone groups is 1. The molecule has 1 aromatic heterocycles. The van der Waals surface area contributed by atoms with Crippen LogP contribution >= 0.6 is 11.3 Å². The minimum Gasteiger partial charge on any atom is -0.273 e. The second-order valence-corrected chi connectivity index (χ2v) is 3.54. The number of carbonyl (C=O) groups is 1. The summed E-state index contributed by atoms with van der Waals surface area (Å²) in [6.07, 6.45) is 3.03. The lowest BCUT2D eigenvalue weighted by molar-refractivity contribution is -0.121. The predicted octanol–water partition coefficient (Wildman–Crippen LogP) is 2.00. The van der Waals surface area contributed by atoms with Crippen LogP contribution in [0, 0.1) is 0 Å². The lowest BCUT2D eigenvalue weighted by atomic mass is 10.3. The normalized spacial score (nSPS) is 10.5. The molecule has 0 saturated carbocycles. The van der Waals surface area contributed by atoms with Gasteiger partial charge in [0, 0.05) is 11.3 Å². The van der Waals surface area contributed by atoms with E-state index in [-0.39, 0.29) is 5.91 Å². The summed E-state index contributed by atoms with van der Waals surface area (Å²) < 4.78 is 0. The summed E-state index contributed by atoms with van der Waals surface area (Å²) in [5.41, 5.74) is 2.46. The van der Waals surface area contributed by atoms with Crippen LogP contribution in [-0.4, -0.2) is 12.1 Å². The molecule has 0 aromatic carbocycles. The Morgan fingerprint density at radius 1 is 1.77 bits per heavy atom. The second kappa shape index (κ2) is 5.48. The van der Waals surface area contributed by atoms with Crippen molar-refractivity contribution in [1.82, 2.24) is 5.43 Å². The Bertz CT molecular complexity index is 280. The molecule has 0 atom stereocenters. The average molecular weight is 196 g/mol. The van der Waals surface area contributed by atoms with Crippen molar-refractivity contribution in [3.8, 4) is 0 Å². The molecule has 1 rings (SSSR count). The van der Waals surface area contributed by atoms with E-state index in [1.807, 2.05) is 24.4 Å². The summed E-state index contributed by atoms with van der Waals surface area (Å²) in [6, 6.07) is 3.89. The Balaban J connectivity index is 2.30. The molecule has 1 N–H and O–H groups in total. The molecule has 4 heteroatoms. The lowest BCUT2D eigenvalue weighted by Gasteiger charge is -1.94. The number of carbonyl (C=O) groups excluding carboxylic acids is 1. The maximum atomic E-state index is 11.0. The van der Waals surface area contributed by atoms with Gasteiger partial charge >= 0.3 is 0 Å². The topological polar surface area (TPSA) is 41.5 Å². The van der Waals surface area contributed by atoms with Gasteiger partial charge in [0.15, 0.2) is 0 Å². The standard InChI is InChI=1S/C9H12N2OS/c1-2-4-9(12)11-10-7-8-5-3-6-13-8/h3,5-7H,2,4H2,1H3,(H,11,12)/b10-7+. The predicted molar refractivity (Wildman–Crippen MR) is 55.0 cm³/mol. The number of nitrogens with one attached hydrogen (secondary N) is 1. The Labute approximate surface area is 81.5 Å². The van der Waals surface area contributed by atoms with Crippen molar-refractivity contribution in [1.29, 1.82) is 0 Å². The Morgan fingerprint density at radius 2 is 2.62 bits per heavy atom. The fourth-order valence-electron chi connectivity index (χ4n) is 0.816. The summed E-state index contributed by atoms with van der Waals surface area (Å²) in [6.45, 7) is 1.96. The zero-order valence-electron chi connectivity index (χ0n) is 7.49. The Kier molecular flexibility index (Phi) is 4.18. The van der Waals surface area contributed by atoms with E-state index in [0.29, 0.717) is 6.42 Å². The molecule has 0 radical (unpaired) electrons. The molecule has 3 nitrogen and oxygen atoms in total. The summed E-state index contributed by atoms with van der Waals surface area (Å²) in [7, 11) is 0. The van der Waals surface area contributed by atoms with Crippen molar-refractivity contribution in [3.63, 3.8) is 0 Å². The molecule has 0 saturated heterocycles. The molecule has 0 aliphatic rings. The van der Waals surface area contributed by atoms with Crippen LogP contribution in [0.4, 0.5) is 0 Å². The van der Waals surface area contributed by atoms with Gasteiger partial charge in [0.2, 0.25) is 5.91 Å². The molecule has 1 amide bonds. The summed E-state index contributed by atoms with van der Waals surface area (Å²) in [5, 5.41) is 5.79. The quantitative estimate of drug-likeness (QED) is 0.580. The molecule has 0 fully saturated rings. The van der Waals surface area contributed by atoms with Crippen molar-refractivity contribution in [2.24, 2.45) is 5.10 Å². The number of rotatable bonds is 4. The van der Waals surface area contributed by atoms with Crippen LogP contribution in [0.15, 0.2) is 22.6 Å². The zero-order valence-corrected chi connectivity index (χ0v) is 8.30. The molecule has 70 valence electrons. The monoisotopic (exact) mass is 196 g/mol. The average Bonchev–Trinajstić information content (AvgIpc) is 2.57. The van der Waals surface area contributed by atoms with Crippen molar-refractivity contribution in [3.05, 3.63) is 22.4 Å². The molecular weight excluding hydrogens is 184 g/mol. The summed E-state index contributed by atoms with van der Waals surface area (Å²) >= 11 is 1.59. The highest BCUT2D eigenvalue weighted by Gasteiger charge is 1.94. The third-order valence-corrected chi connectivity index (χ3v) is 2.21. The fraction of sp³-hybridized carbons (Fsp3) is 0.333. The highest BCUT2D eigenvalue weighted by atomic mass is 32.1. The van der Waals surface area contributed by atoms with Crippen LogP contribution in [0.5, 0.6) is 0 Å². The van der Waals surface area contributed by atoms with Gasteiger partial charge in [0.25, 0.3) is 0 Å². The van der Waals surface area contributed by atoms with Crippen molar-refractivity contribution in [2.75, 3.05) is 0 Å². The third-order valence-electron chi connectivity index (χ3n) is 1.40. The minimum absolute atomic E-state index is 0.0321. The Morgan fingerprint density at radius 3 is 3.23 bits per heavy atom. The third kappa shape index (κ3) is 3.85. The van der Waals surface area contributed by atoms with Gasteiger partial charge in [0.05, 0.1) is 6.21 Å². The first-order valence-corrected chi connectivity index (χ1v) is 5.06.